The van der Waals surface area contributed by atoms with Crippen LogP contribution in [0.2, 0.25) is 0 Å². The first-order valence-electron chi connectivity index (χ1n) is 7.39. The molecule has 0 unspecified atom stereocenters. The molecule has 0 aliphatic carbocycles. The normalized spacial score (nSPS) is 11.4. The van der Waals surface area contributed by atoms with E-state index in [4.69, 9.17) is 4.74 Å². The molecule has 0 fully saturated rings. The third-order valence-corrected chi connectivity index (χ3v) is 6.46. The number of benzene rings is 2. The Morgan fingerprint density at radius 1 is 1.04 bits per heavy atom. The van der Waals surface area contributed by atoms with Crippen LogP contribution in [0.4, 0.5) is 5.69 Å². The van der Waals surface area contributed by atoms with Crippen molar-refractivity contribution in [1.82, 2.24) is 4.57 Å². The number of methoxy groups -OCH3 is 1. The van der Waals surface area contributed by atoms with E-state index >= 15 is 0 Å². The van der Waals surface area contributed by atoms with Crippen LogP contribution >= 0.6 is 31.9 Å². The van der Waals surface area contributed by atoms with Crippen molar-refractivity contribution < 1.29 is 9.53 Å². The number of hydrogen-bond acceptors (Lipinski definition) is 4. The molecule has 3 rings (SSSR count). The maximum atomic E-state index is 12.7. The average Bonchev–Trinajstić information content (AvgIpc) is 2.64. The molecular formula is C18H12Br2N2O3Se. The number of rotatable bonds is 3. The van der Waals surface area contributed by atoms with Gasteiger partial charge < -0.3 is 0 Å². The molecule has 0 saturated heterocycles. The minimum atomic E-state index is -0.502. The van der Waals surface area contributed by atoms with E-state index in [1.54, 1.807) is 0 Å². The van der Waals surface area contributed by atoms with Gasteiger partial charge in [-0.3, -0.25) is 0 Å². The molecule has 0 aliphatic rings. The molecule has 5 nitrogen and oxygen atoms in total. The number of aromatic nitrogens is 1. The van der Waals surface area contributed by atoms with Crippen LogP contribution in [0.3, 0.4) is 0 Å². The van der Waals surface area contributed by atoms with Gasteiger partial charge in [0.1, 0.15) is 0 Å². The van der Waals surface area contributed by atoms with Gasteiger partial charge in [-0.25, -0.2) is 0 Å². The van der Waals surface area contributed by atoms with Crippen LogP contribution in [-0.2, 0) is 4.74 Å². The van der Waals surface area contributed by atoms with Gasteiger partial charge in [0.15, 0.2) is 0 Å². The van der Waals surface area contributed by atoms with E-state index in [0.29, 0.717) is 20.2 Å². The number of nitrogens with zero attached hydrogens (tertiary/aromatic N) is 2. The van der Waals surface area contributed by atoms with Crippen molar-refractivity contribution in [3.05, 3.63) is 82.7 Å². The number of esters is 1. The Labute approximate surface area is 172 Å². The summed E-state index contributed by atoms with van der Waals surface area (Å²) in [5.74, 6) is -0.502. The van der Waals surface area contributed by atoms with E-state index in [1.807, 2.05) is 48.5 Å². The third-order valence-electron chi connectivity index (χ3n) is 3.39. The first kappa shape index (κ1) is 19.0. The molecule has 2 aromatic carbocycles. The average molecular weight is 543 g/mol. The van der Waals surface area contributed by atoms with Crippen LogP contribution < -0.4 is 9.92 Å². The molecule has 0 spiro atoms. The fourth-order valence-corrected chi connectivity index (χ4v) is 4.72. The summed E-state index contributed by atoms with van der Waals surface area (Å²) < 4.78 is 9.02. The minimum absolute atomic E-state index is 0.322. The van der Waals surface area contributed by atoms with Crippen LogP contribution in [-0.4, -0.2) is 32.1 Å². The van der Waals surface area contributed by atoms with Crippen LogP contribution in [0.1, 0.15) is 9.23 Å². The van der Waals surface area contributed by atoms with Gasteiger partial charge in [0.2, 0.25) is 0 Å². The number of carbonyl (C=O) groups is 1. The zero-order valence-corrected chi connectivity index (χ0v) is 18.4. The second-order valence-electron chi connectivity index (χ2n) is 5.12. The van der Waals surface area contributed by atoms with Crippen molar-refractivity contribution in [2.45, 2.75) is 0 Å². The zero-order chi connectivity index (χ0) is 18.7. The van der Waals surface area contributed by atoms with Crippen molar-refractivity contribution in [2.24, 2.45) is 4.99 Å². The van der Waals surface area contributed by atoms with Crippen LogP contribution in [0, 0.1) is 0 Å². The Kier molecular flexibility index (Phi) is 6.08. The van der Waals surface area contributed by atoms with Gasteiger partial charge in [0, 0.05) is 0 Å². The van der Waals surface area contributed by atoms with Crippen LogP contribution in [0.5, 0.6) is 0 Å². The standard InChI is InChI=1S/C18H12Br2N2O3Se/c1-25-17(24)15-10-16(23)22(14-8-4-12(20)5-9-14)18(26-15)21-13-6-2-11(19)3-7-13/h2-10H,1H3. The Morgan fingerprint density at radius 3 is 2.19 bits per heavy atom. The van der Waals surface area contributed by atoms with E-state index in [9.17, 15) is 9.59 Å². The summed E-state index contributed by atoms with van der Waals surface area (Å²) in [7, 11) is 1.30. The maximum absolute atomic E-state index is 12.7. The second kappa shape index (κ2) is 8.31. The Balaban J connectivity index is 2.28. The van der Waals surface area contributed by atoms with E-state index in [2.05, 4.69) is 36.9 Å². The fourth-order valence-electron chi connectivity index (χ4n) is 2.17. The molecule has 8 heteroatoms. The Hall–Kier alpha value is -1.73. The van der Waals surface area contributed by atoms with Crippen molar-refractivity contribution in [2.75, 3.05) is 7.11 Å². The van der Waals surface area contributed by atoms with Crippen LogP contribution in [0.25, 0.3) is 5.69 Å². The van der Waals surface area contributed by atoms with Crippen molar-refractivity contribution in [3.63, 3.8) is 0 Å². The molecule has 0 amide bonds. The summed E-state index contributed by atoms with van der Waals surface area (Å²) in [6, 6.07) is 16.1. The third kappa shape index (κ3) is 4.32. The van der Waals surface area contributed by atoms with Gasteiger partial charge >= 0.3 is 173 Å². The summed E-state index contributed by atoms with van der Waals surface area (Å²) in [6.07, 6.45) is 0. The summed E-state index contributed by atoms with van der Waals surface area (Å²) in [6.45, 7) is 0. The van der Waals surface area contributed by atoms with Gasteiger partial charge in [-0.15, -0.1) is 0 Å². The number of hydrogen-bond donors (Lipinski definition) is 0. The molecule has 0 saturated carbocycles. The molecular weight excluding hydrogens is 531 g/mol. The van der Waals surface area contributed by atoms with Gasteiger partial charge in [-0.1, -0.05) is 0 Å². The topological polar surface area (TPSA) is 60.7 Å². The zero-order valence-electron chi connectivity index (χ0n) is 13.5. The first-order chi connectivity index (χ1) is 12.5. The molecule has 0 radical (unpaired) electrons. The Bertz CT molecular complexity index is 1070. The van der Waals surface area contributed by atoms with Crippen LogP contribution in [0.15, 0.2) is 73.3 Å². The molecule has 132 valence electrons. The summed E-state index contributed by atoms with van der Waals surface area (Å²) >= 11 is 6.31. The molecule has 1 aromatic heterocycles. The van der Waals surface area contributed by atoms with E-state index < -0.39 is 20.5 Å². The molecule has 0 aliphatic heterocycles. The van der Waals surface area contributed by atoms with E-state index in [1.165, 1.54) is 17.7 Å². The van der Waals surface area contributed by atoms with Gasteiger partial charge in [-0.2, -0.15) is 0 Å². The number of ether oxygens (including phenoxy) is 1. The quantitative estimate of drug-likeness (QED) is 0.376. The van der Waals surface area contributed by atoms with Crippen molar-refractivity contribution in [3.8, 4) is 5.69 Å². The first-order valence-corrected chi connectivity index (χ1v) is 10.7. The van der Waals surface area contributed by atoms with Crippen molar-refractivity contribution in [1.29, 1.82) is 0 Å². The summed E-state index contributed by atoms with van der Waals surface area (Å²) in [5, 5.41) is 0. The molecule has 1 heterocycles. The molecule has 26 heavy (non-hydrogen) atoms. The van der Waals surface area contributed by atoms with E-state index in [0.717, 1.165) is 8.95 Å². The van der Waals surface area contributed by atoms with E-state index in [-0.39, 0.29) is 5.56 Å². The van der Waals surface area contributed by atoms with Crippen molar-refractivity contribution >= 4 is 58.0 Å². The van der Waals surface area contributed by atoms with Gasteiger partial charge in [0.25, 0.3) is 0 Å². The number of carbonyl (C=O) groups excluding carboxylic acids is 1. The predicted molar refractivity (Wildman–Crippen MR) is 107 cm³/mol. The number of halogens is 2. The SMILES string of the molecule is COC(=O)c1cc(=O)n(-c2ccc(Br)cc2)c(=Nc2ccc(Br)cc2)[se]1. The monoisotopic (exact) mass is 542 g/mol. The molecule has 3 aromatic rings. The molecule has 0 atom stereocenters. The second-order valence-corrected chi connectivity index (χ2v) is 9.07. The van der Waals surface area contributed by atoms with Gasteiger partial charge in [-0.05, 0) is 0 Å². The predicted octanol–water partition coefficient (Wildman–Crippen LogP) is 3.44. The van der Waals surface area contributed by atoms with Gasteiger partial charge in [0.05, 0.1) is 0 Å². The summed E-state index contributed by atoms with van der Waals surface area (Å²) in [5.41, 5.74) is 1.07. The summed E-state index contributed by atoms with van der Waals surface area (Å²) in [4.78, 5) is 29.3. The molecule has 0 bridgehead atoms. The Morgan fingerprint density at radius 2 is 1.62 bits per heavy atom. The fraction of sp³-hybridized carbons (Fsp3) is 0.0556. The molecule has 0 N–H and O–H groups in total.